The molecule has 0 fully saturated rings. The first-order chi connectivity index (χ1) is 12.7. The Balaban J connectivity index is 0.000000533. The summed E-state index contributed by atoms with van der Waals surface area (Å²) in [6.07, 6.45) is 12.8. The SMILES string of the molecule is C=CC(C)(O)CCC=C(C)CCC=C(C)C.C=CCc1ccc(OC)cc1. The van der Waals surface area contributed by atoms with E-state index in [1.54, 1.807) is 20.1 Å². The zero-order valence-corrected chi connectivity index (χ0v) is 17.9. The van der Waals surface area contributed by atoms with Crippen LogP contribution in [0.5, 0.6) is 5.75 Å². The fourth-order valence-electron chi connectivity index (χ4n) is 2.33. The molecule has 1 N–H and O–H groups in total. The van der Waals surface area contributed by atoms with Crippen LogP contribution in [0.15, 0.2) is 72.9 Å². The van der Waals surface area contributed by atoms with Crippen LogP contribution in [0.3, 0.4) is 0 Å². The smallest absolute Gasteiger partial charge is 0.118 e. The molecular formula is C25H38O2. The molecule has 0 heterocycles. The maximum Gasteiger partial charge on any atom is 0.118 e. The average molecular weight is 371 g/mol. The van der Waals surface area contributed by atoms with Crippen molar-refractivity contribution < 1.29 is 9.84 Å². The Hall–Kier alpha value is -2.06. The van der Waals surface area contributed by atoms with Crippen LogP contribution in [0.1, 0.15) is 58.9 Å². The van der Waals surface area contributed by atoms with E-state index in [4.69, 9.17) is 4.74 Å². The number of hydrogen-bond acceptors (Lipinski definition) is 2. The summed E-state index contributed by atoms with van der Waals surface area (Å²) in [7, 11) is 1.67. The van der Waals surface area contributed by atoms with Crippen LogP contribution in [0, 0.1) is 0 Å². The topological polar surface area (TPSA) is 29.5 Å². The van der Waals surface area contributed by atoms with Crippen LogP contribution in [-0.4, -0.2) is 17.8 Å². The Labute approximate surface area is 167 Å². The number of aliphatic hydroxyl groups is 1. The Morgan fingerprint density at radius 3 is 2.19 bits per heavy atom. The molecule has 0 aliphatic carbocycles. The first kappa shape index (κ1) is 24.9. The molecule has 0 aliphatic rings. The molecule has 0 aliphatic heterocycles. The van der Waals surface area contributed by atoms with E-state index in [1.165, 1.54) is 16.7 Å². The van der Waals surface area contributed by atoms with Gasteiger partial charge < -0.3 is 9.84 Å². The molecule has 1 unspecified atom stereocenters. The number of benzene rings is 1. The summed E-state index contributed by atoms with van der Waals surface area (Å²) in [5.74, 6) is 0.901. The van der Waals surface area contributed by atoms with Gasteiger partial charge in [-0.3, -0.25) is 0 Å². The van der Waals surface area contributed by atoms with Gasteiger partial charge in [0.25, 0.3) is 0 Å². The highest BCUT2D eigenvalue weighted by atomic mass is 16.5. The summed E-state index contributed by atoms with van der Waals surface area (Å²) in [5, 5.41) is 9.73. The van der Waals surface area contributed by atoms with Crippen molar-refractivity contribution in [1.29, 1.82) is 0 Å². The van der Waals surface area contributed by atoms with E-state index in [2.05, 4.69) is 46.1 Å². The van der Waals surface area contributed by atoms with Crippen molar-refractivity contribution in [2.45, 2.75) is 65.4 Å². The molecule has 0 bridgehead atoms. The fourth-order valence-corrected chi connectivity index (χ4v) is 2.33. The highest BCUT2D eigenvalue weighted by molar-refractivity contribution is 5.28. The van der Waals surface area contributed by atoms with Crippen molar-refractivity contribution in [1.82, 2.24) is 0 Å². The molecule has 0 radical (unpaired) electrons. The van der Waals surface area contributed by atoms with E-state index in [9.17, 15) is 5.11 Å². The minimum Gasteiger partial charge on any atom is -0.497 e. The summed E-state index contributed by atoms with van der Waals surface area (Å²) in [4.78, 5) is 0. The monoisotopic (exact) mass is 370 g/mol. The van der Waals surface area contributed by atoms with E-state index >= 15 is 0 Å². The lowest BCUT2D eigenvalue weighted by Crippen LogP contribution is -2.19. The zero-order chi connectivity index (χ0) is 20.7. The van der Waals surface area contributed by atoms with E-state index in [-0.39, 0.29) is 0 Å². The third-order valence-electron chi connectivity index (χ3n) is 4.21. The van der Waals surface area contributed by atoms with Gasteiger partial charge >= 0.3 is 0 Å². The molecule has 1 rings (SSSR count). The van der Waals surface area contributed by atoms with Crippen molar-refractivity contribution in [2.24, 2.45) is 0 Å². The fraction of sp³-hybridized carbons (Fsp3) is 0.440. The van der Waals surface area contributed by atoms with E-state index in [0.29, 0.717) is 0 Å². The molecule has 0 aromatic heterocycles. The molecule has 2 heteroatoms. The van der Waals surface area contributed by atoms with Gasteiger partial charge in [0, 0.05) is 0 Å². The van der Waals surface area contributed by atoms with Crippen molar-refractivity contribution in [3.8, 4) is 5.75 Å². The number of hydrogen-bond donors (Lipinski definition) is 1. The molecule has 0 saturated heterocycles. The van der Waals surface area contributed by atoms with Gasteiger partial charge in [-0.15, -0.1) is 13.2 Å². The minimum atomic E-state index is -0.726. The Morgan fingerprint density at radius 2 is 1.70 bits per heavy atom. The second-order valence-corrected chi connectivity index (χ2v) is 7.31. The Morgan fingerprint density at radius 1 is 1.07 bits per heavy atom. The molecule has 0 saturated carbocycles. The van der Waals surface area contributed by atoms with Gasteiger partial charge in [-0.1, -0.05) is 47.6 Å². The van der Waals surface area contributed by atoms with Gasteiger partial charge in [0.1, 0.15) is 5.75 Å². The maximum absolute atomic E-state index is 9.73. The largest absolute Gasteiger partial charge is 0.497 e. The van der Waals surface area contributed by atoms with Crippen molar-refractivity contribution in [2.75, 3.05) is 7.11 Å². The van der Waals surface area contributed by atoms with E-state index < -0.39 is 5.60 Å². The van der Waals surface area contributed by atoms with Crippen molar-refractivity contribution >= 4 is 0 Å². The zero-order valence-electron chi connectivity index (χ0n) is 17.9. The van der Waals surface area contributed by atoms with Gasteiger partial charge in [0.05, 0.1) is 12.7 Å². The van der Waals surface area contributed by atoms with Crippen LogP contribution < -0.4 is 4.74 Å². The third kappa shape index (κ3) is 13.8. The predicted molar refractivity (Wildman–Crippen MR) is 119 cm³/mol. The lowest BCUT2D eigenvalue weighted by molar-refractivity contribution is 0.103. The summed E-state index contributed by atoms with van der Waals surface area (Å²) < 4.78 is 5.02. The maximum atomic E-state index is 9.73. The molecule has 1 aromatic rings. The molecule has 0 spiro atoms. The summed E-state index contributed by atoms with van der Waals surface area (Å²) >= 11 is 0. The number of ether oxygens (including phenoxy) is 1. The van der Waals surface area contributed by atoms with Gasteiger partial charge in [-0.05, 0) is 77.5 Å². The van der Waals surface area contributed by atoms with Crippen LogP contribution >= 0.6 is 0 Å². The molecular weight excluding hydrogens is 332 g/mol. The third-order valence-corrected chi connectivity index (χ3v) is 4.21. The normalized spacial score (nSPS) is 12.9. The number of methoxy groups -OCH3 is 1. The predicted octanol–water partition coefficient (Wildman–Crippen LogP) is 6.82. The molecule has 150 valence electrons. The van der Waals surface area contributed by atoms with E-state index in [1.807, 2.05) is 30.3 Å². The second kappa shape index (κ2) is 14.1. The first-order valence-electron chi connectivity index (χ1n) is 9.63. The molecule has 0 amide bonds. The minimum absolute atomic E-state index is 0.726. The van der Waals surface area contributed by atoms with Gasteiger partial charge in [0.2, 0.25) is 0 Å². The Kier molecular flexibility index (Phi) is 13.0. The molecule has 27 heavy (non-hydrogen) atoms. The van der Waals surface area contributed by atoms with Crippen LogP contribution in [-0.2, 0) is 6.42 Å². The summed E-state index contributed by atoms with van der Waals surface area (Å²) in [6, 6.07) is 8.00. The second-order valence-electron chi connectivity index (χ2n) is 7.31. The number of rotatable bonds is 10. The van der Waals surface area contributed by atoms with Crippen LogP contribution in [0.4, 0.5) is 0 Å². The van der Waals surface area contributed by atoms with E-state index in [0.717, 1.165) is 37.9 Å². The van der Waals surface area contributed by atoms with Gasteiger partial charge in [0.15, 0.2) is 0 Å². The highest BCUT2D eigenvalue weighted by Crippen LogP contribution is 2.15. The van der Waals surface area contributed by atoms with Crippen LogP contribution in [0.2, 0.25) is 0 Å². The standard InChI is InChI=1S/C15H26O.C10H12O/c1-6-15(5,16)12-8-11-14(4)10-7-9-13(2)3;1-3-4-9-5-7-10(11-2)8-6-9/h6,9,11,16H,1,7-8,10,12H2,2-5H3;3,5-8H,1,4H2,2H3. The van der Waals surface area contributed by atoms with Gasteiger partial charge in [-0.25, -0.2) is 0 Å². The molecule has 2 nitrogen and oxygen atoms in total. The number of allylic oxidation sites excluding steroid dienone is 5. The Bertz CT molecular complexity index is 600. The lowest BCUT2D eigenvalue weighted by atomic mass is 9.99. The van der Waals surface area contributed by atoms with Crippen molar-refractivity contribution in [3.05, 3.63) is 78.4 Å². The van der Waals surface area contributed by atoms with Crippen LogP contribution in [0.25, 0.3) is 0 Å². The first-order valence-corrected chi connectivity index (χ1v) is 9.63. The van der Waals surface area contributed by atoms with Gasteiger partial charge in [-0.2, -0.15) is 0 Å². The van der Waals surface area contributed by atoms with Crippen molar-refractivity contribution in [3.63, 3.8) is 0 Å². The molecule has 1 atom stereocenters. The summed E-state index contributed by atoms with van der Waals surface area (Å²) in [5.41, 5.74) is 3.32. The quantitative estimate of drug-likeness (QED) is 0.458. The highest BCUT2D eigenvalue weighted by Gasteiger charge is 2.13. The lowest BCUT2D eigenvalue weighted by Gasteiger charge is -2.16. The summed E-state index contributed by atoms with van der Waals surface area (Å²) in [6.45, 7) is 15.5. The molecule has 1 aromatic carbocycles. The average Bonchev–Trinajstić information content (AvgIpc) is 2.63.